The van der Waals surface area contributed by atoms with Gasteiger partial charge in [0.25, 0.3) is 5.91 Å². The van der Waals surface area contributed by atoms with Gasteiger partial charge in [-0.2, -0.15) is 0 Å². The van der Waals surface area contributed by atoms with Gasteiger partial charge in [-0.15, -0.1) is 11.3 Å². The molecule has 18 heavy (non-hydrogen) atoms. The maximum atomic E-state index is 12.3. The van der Waals surface area contributed by atoms with Gasteiger partial charge in [-0.05, 0) is 24.6 Å². The second-order valence-corrected chi connectivity index (χ2v) is 5.12. The van der Waals surface area contributed by atoms with Crippen molar-refractivity contribution in [2.45, 2.75) is 13.5 Å². The summed E-state index contributed by atoms with van der Waals surface area (Å²) >= 11 is 1.34. The van der Waals surface area contributed by atoms with Crippen molar-refractivity contribution in [2.24, 2.45) is 0 Å². The lowest BCUT2D eigenvalue weighted by Crippen LogP contribution is -2.29. The average molecular weight is 260 g/mol. The Morgan fingerprint density at radius 2 is 1.94 bits per heavy atom. The largest absolute Gasteiger partial charge is 0.391 e. The summed E-state index contributed by atoms with van der Waals surface area (Å²) in [6.45, 7) is 3.30. The minimum Gasteiger partial charge on any atom is -0.391 e. The molecule has 0 unspecified atom stereocenters. The molecule has 0 radical (unpaired) electrons. The number of thiophene rings is 1. The number of nitrogens with zero attached hydrogens (tertiary/aromatic N) is 1. The molecule has 1 aromatic heterocycles. The van der Waals surface area contributed by atoms with E-state index < -0.39 is 0 Å². The van der Waals surface area contributed by atoms with E-state index in [1.54, 1.807) is 12.1 Å². The monoisotopic (exact) mass is 260 g/mol. The molecule has 0 aliphatic carbocycles. The Kier molecular flexibility index (Phi) is 3.99. The van der Waals surface area contributed by atoms with Gasteiger partial charge < -0.3 is 10.6 Å². The van der Waals surface area contributed by atoms with Crippen molar-refractivity contribution in [1.29, 1.82) is 0 Å². The van der Waals surface area contributed by atoms with Gasteiger partial charge in [0.15, 0.2) is 0 Å². The molecule has 2 aromatic rings. The summed E-state index contributed by atoms with van der Waals surface area (Å²) in [5.41, 5.74) is 6.79. The van der Waals surface area contributed by atoms with Gasteiger partial charge in [-0.1, -0.05) is 30.3 Å². The summed E-state index contributed by atoms with van der Waals surface area (Å²) in [6, 6.07) is 13.6. The molecule has 2 rings (SSSR count). The second-order valence-electron chi connectivity index (χ2n) is 4.01. The molecule has 0 bridgehead atoms. The maximum absolute atomic E-state index is 12.3. The quantitative estimate of drug-likeness (QED) is 0.918. The smallest absolute Gasteiger partial charge is 0.264 e. The summed E-state index contributed by atoms with van der Waals surface area (Å²) < 4.78 is 0. The van der Waals surface area contributed by atoms with E-state index in [4.69, 9.17) is 5.73 Å². The van der Waals surface area contributed by atoms with Gasteiger partial charge >= 0.3 is 0 Å². The number of carbonyl (C=O) groups is 1. The van der Waals surface area contributed by atoms with Gasteiger partial charge in [-0.25, -0.2) is 0 Å². The van der Waals surface area contributed by atoms with Gasteiger partial charge in [0.2, 0.25) is 0 Å². The average Bonchev–Trinajstić information content (AvgIpc) is 2.83. The topological polar surface area (TPSA) is 46.3 Å². The van der Waals surface area contributed by atoms with Crippen LogP contribution in [0.5, 0.6) is 0 Å². The van der Waals surface area contributed by atoms with Crippen LogP contribution in [0.4, 0.5) is 5.00 Å². The van der Waals surface area contributed by atoms with Crippen molar-refractivity contribution < 1.29 is 4.79 Å². The number of rotatable bonds is 4. The SMILES string of the molecule is CCN(Cc1ccccc1)C(=O)c1ccc(N)s1. The number of hydrogen-bond acceptors (Lipinski definition) is 3. The van der Waals surface area contributed by atoms with E-state index in [0.29, 0.717) is 23.0 Å². The third kappa shape index (κ3) is 2.90. The van der Waals surface area contributed by atoms with Crippen LogP contribution >= 0.6 is 11.3 Å². The number of amides is 1. The summed E-state index contributed by atoms with van der Waals surface area (Å²) in [5.74, 6) is 0.0445. The van der Waals surface area contributed by atoms with Crippen molar-refractivity contribution in [2.75, 3.05) is 12.3 Å². The minimum atomic E-state index is 0.0445. The zero-order chi connectivity index (χ0) is 13.0. The standard InChI is InChI=1S/C14H16N2OS/c1-2-16(10-11-6-4-3-5-7-11)14(17)12-8-9-13(15)18-12/h3-9H,2,10,15H2,1H3. The lowest BCUT2D eigenvalue weighted by atomic mass is 10.2. The molecule has 1 aromatic carbocycles. The van der Waals surface area contributed by atoms with Crippen molar-refractivity contribution in [3.63, 3.8) is 0 Å². The fraction of sp³-hybridized carbons (Fsp3) is 0.214. The number of nitrogen functional groups attached to an aromatic ring is 1. The first kappa shape index (κ1) is 12.6. The van der Waals surface area contributed by atoms with Gasteiger partial charge in [-0.3, -0.25) is 4.79 Å². The van der Waals surface area contributed by atoms with E-state index in [1.807, 2.05) is 42.2 Å². The zero-order valence-electron chi connectivity index (χ0n) is 10.3. The molecule has 0 fully saturated rings. The Labute approximate surface area is 111 Å². The van der Waals surface area contributed by atoms with Crippen molar-refractivity contribution in [1.82, 2.24) is 4.90 Å². The van der Waals surface area contributed by atoms with Gasteiger partial charge in [0.05, 0.1) is 9.88 Å². The van der Waals surface area contributed by atoms with Crippen LogP contribution in [0.3, 0.4) is 0 Å². The van der Waals surface area contributed by atoms with E-state index in [2.05, 4.69) is 0 Å². The molecular weight excluding hydrogens is 244 g/mol. The number of carbonyl (C=O) groups excluding carboxylic acids is 1. The predicted octanol–water partition coefficient (Wildman–Crippen LogP) is 2.99. The summed E-state index contributed by atoms with van der Waals surface area (Å²) in [6.07, 6.45) is 0. The summed E-state index contributed by atoms with van der Waals surface area (Å²) in [4.78, 5) is 14.8. The van der Waals surface area contributed by atoms with E-state index in [0.717, 1.165) is 5.56 Å². The predicted molar refractivity (Wildman–Crippen MR) is 75.6 cm³/mol. The molecule has 0 aliphatic rings. The van der Waals surface area contributed by atoms with Crippen LogP contribution < -0.4 is 5.73 Å². The molecule has 2 N–H and O–H groups in total. The summed E-state index contributed by atoms with van der Waals surface area (Å²) in [7, 11) is 0. The van der Waals surface area contributed by atoms with E-state index in [9.17, 15) is 4.79 Å². The molecule has 4 heteroatoms. The number of anilines is 1. The van der Waals surface area contributed by atoms with Crippen LogP contribution in [0.25, 0.3) is 0 Å². The number of hydrogen-bond donors (Lipinski definition) is 1. The highest BCUT2D eigenvalue weighted by atomic mass is 32.1. The van der Waals surface area contributed by atoms with Crippen LogP contribution in [0.15, 0.2) is 42.5 Å². The van der Waals surface area contributed by atoms with Crippen molar-refractivity contribution >= 4 is 22.2 Å². The number of nitrogens with two attached hydrogens (primary N) is 1. The molecule has 1 amide bonds. The van der Waals surface area contributed by atoms with E-state index in [1.165, 1.54) is 11.3 Å². The Hall–Kier alpha value is -1.81. The fourth-order valence-electron chi connectivity index (χ4n) is 1.75. The Morgan fingerprint density at radius 3 is 2.50 bits per heavy atom. The van der Waals surface area contributed by atoms with Crippen LogP contribution in [0.1, 0.15) is 22.2 Å². The third-order valence-electron chi connectivity index (χ3n) is 2.72. The molecule has 3 nitrogen and oxygen atoms in total. The first-order valence-electron chi connectivity index (χ1n) is 5.89. The Bertz CT molecular complexity index is 522. The van der Waals surface area contributed by atoms with Gasteiger partial charge in [0.1, 0.15) is 0 Å². The first-order chi connectivity index (χ1) is 8.70. The highest BCUT2D eigenvalue weighted by Gasteiger charge is 2.16. The third-order valence-corrected chi connectivity index (χ3v) is 3.63. The molecule has 0 spiro atoms. The van der Waals surface area contributed by atoms with Gasteiger partial charge in [0, 0.05) is 13.1 Å². The fourth-order valence-corrected chi connectivity index (χ4v) is 2.50. The normalized spacial score (nSPS) is 10.3. The summed E-state index contributed by atoms with van der Waals surface area (Å²) in [5, 5.41) is 0.675. The molecule has 0 aliphatic heterocycles. The second kappa shape index (κ2) is 5.69. The minimum absolute atomic E-state index is 0.0445. The Balaban J connectivity index is 2.12. The van der Waals surface area contributed by atoms with Crippen molar-refractivity contribution in [3.8, 4) is 0 Å². The molecule has 0 saturated heterocycles. The zero-order valence-corrected chi connectivity index (χ0v) is 11.1. The van der Waals surface area contributed by atoms with E-state index >= 15 is 0 Å². The van der Waals surface area contributed by atoms with Crippen LogP contribution in [-0.2, 0) is 6.54 Å². The molecule has 94 valence electrons. The molecule has 1 heterocycles. The van der Waals surface area contributed by atoms with E-state index in [-0.39, 0.29) is 5.91 Å². The first-order valence-corrected chi connectivity index (χ1v) is 6.71. The highest BCUT2D eigenvalue weighted by Crippen LogP contribution is 2.20. The van der Waals surface area contributed by atoms with Crippen molar-refractivity contribution in [3.05, 3.63) is 52.9 Å². The molecule has 0 atom stereocenters. The van der Waals surface area contributed by atoms with Crippen LogP contribution in [0, 0.1) is 0 Å². The highest BCUT2D eigenvalue weighted by molar-refractivity contribution is 7.17. The molecule has 0 saturated carbocycles. The van der Waals surface area contributed by atoms with Crippen LogP contribution in [0.2, 0.25) is 0 Å². The lowest BCUT2D eigenvalue weighted by Gasteiger charge is -2.20. The van der Waals surface area contributed by atoms with Crippen LogP contribution in [-0.4, -0.2) is 17.4 Å². The number of benzene rings is 1. The maximum Gasteiger partial charge on any atom is 0.264 e. The lowest BCUT2D eigenvalue weighted by molar-refractivity contribution is 0.0757. The molecular formula is C14H16N2OS. The Morgan fingerprint density at radius 1 is 1.22 bits per heavy atom.